The molecule has 1 amide bonds. The third kappa shape index (κ3) is 5.54. The number of hydrogen-bond donors (Lipinski definition) is 1. The van der Waals surface area contributed by atoms with Crippen molar-refractivity contribution < 1.29 is 4.79 Å². The number of piperazine rings is 1. The largest absolute Gasteiger partial charge is 0.343 e. The fourth-order valence-corrected chi connectivity index (χ4v) is 3.63. The van der Waals surface area contributed by atoms with Crippen molar-refractivity contribution in [3.63, 3.8) is 0 Å². The predicted molar refractivity (Wildman–Crippen MR) is 111 cm³/mol. The van der Waals surface area contributed by atoms with Crippen LogP contribution >= 0.6 is 36.3 Å². The van der Waals surface area contributed by atoms with Gasteiger partial charge in [-0.05, 0) is 12.0 Å². The smallest absolute Gasteiger partial charge is 0.239 e. The average molecular weight is 418 g/mol. The van der Waals surface area contributed by atoms with Gasteiger partial charge < -0.3 is 15.5 Å². The topological polar surface area (TPSA) is 75.4 Å². The Morgan fingerprint density at radius 2 is 1.85 bits per heavy atom. The molecule has 1 aromatic carbocycles. The van der Waals surface area contributed by atoms with Gasteiger partial charge in [0.25, 0.3) is 0 Å². The molecule has 6 nitrogen and oxygen atoms in total. The minimum atomic E-state index is -0.479. The summed E-state index contributed by atoms with van der Waals surface area (Å²) in [5, 5.41) is 0.951. The molecular weight excluding hydrogens is 393 g/mol. The molecule has 0 bridgehead atoms. The van der Waals surface area contributed by atoms with Crippen LogP contribution in [-0.4, -0.2) is 52.4 Å². The van der Waals surface area contributed by atoms with Gasteiger partial charge >= 0.3 is 0 Å². The number of nitrogens with two attached hydrogens (primary N) is 1. The van der Waals surface area contributed by atoms with Gasteiger partial charge in [-0.15, -0.1) is 24.8 Å². The number of aryl methyl sites for hydroxylation is 1. The molecule has 9 heteroatoms. The lowest BCUT2D eigenvalue weighted by molar-refractivity contribution is -0.132. The van der Waals surface area contributed by atoms with Gasteiger partial charge in [0.1, 0.15) is 5.82 Å². The predicted octanol–water partition coefficient (Wildman–Crippen LogP) is 2.16. The third-order valence-corrected chi connectivity index (χ3v) is 5.07. The Bertz CT molecular complexity index is 677. The van der Waals surface area contributed by atoms with Gasteiger partial charge in [0, 0.05) is 44.1 Å². The molecule has 2 heterocycles. The summed E-state index contributed by atoms with van der Waals surface area (Å²) in [5.74, 6) is 0.920. The highest BCUT2D eigenvalue weighted by molar-refractivity contribution is 7.09. The number of nitrogens with zero attached hydrogens (tertiary/aromatic N) is 4. The summed E-state index contributed by atoms with van der Waals surface area (Å²) < 4.78 is 4.33. The zero-order valence-electron chi connectivity index (χ0n) is 14.7. The van der Waals surface area contributed by atoms with Crippen LogP contribution in [0, 0.1) is 0 Å². The monoisotopic (exact) mass is 417 g/mol. The lowest BCUT2D eigenvalue weighted by Gasteiger charge is -2.35. The molecule has 0 spiro atoms. The van der Waals surface area contributed by atoms with Gasteiger partial charge in [-0.1, -0.05) is 37.3 Å². The number of hydrogen-bond acceptors (Lipinski definition) is 6. The minimum absolute atomic E-state index is 0. The van der Waals surface area contributed by atoms with Crippen LogP contribution < -0.4 is 10.6 Å². The molecule has 2 aromatic rings. The Balaban J connectivity index is 0.00000169. The van der Waals surface area contributed by atoms with Crippen molar-refractivity contribution >= 4 is 47.4 Å². The summed E-state index contributed by atoms with van der Waals surface area (Å²) in [6.45, 7) is 4.98. The van der Waals surface area contributed by atoms with Gasteiger partial charge in [0.2, 0.25) is 11.0 Å². The van der Waals surface area contributed by atoms with Crippen molar-refractivity contribution in [2.24, 2.45) is 5.73 Å². The van der Waals surface area contributed by atoms with Crippen LogP contribution in [0.15, 0.2) is 30.3 Å². The maximum atomic E-state index is 12.6. The van der Waals surface area contributed by atoms with Crippen LogP contribution in [0.25, 0.3) is 0 Å². The molecule has 0 saturated carbocycles. The van der Waals surface area contributed by atoms with Crippen LogP contribution in [0.1, 0.15) is 18.3 Å². The molecule has 26 heavy (non-hydrogen) atoms. The van der Waals surface area contributed by atoms with Crippen molar-refractivity contribution in [2.45, 2.75) is 25.8 Å². The zero-order chi connectivity index (χ0) is 16.9. The molecule has 144 valence electrons. The van der Waals surface area contributed by atoms with Crippen LogP contribution in [-0.2, 0) is 17.6 Å². The number of carbonyl (C=O) groups is 1. The molecule has 3 rings (SSSR count). The second-order valence-electron chi connectivity index (χ2n) is 5.96. The van der Waals surface area contributed by atoms with E-state index in [9.17, 15) is 4.79 Å². The van der Waals surface area contributed by atoms with Crippen molar-refractivity contribution in [1.82, 2.24) is 14.3 Å². The van der Waals surface area contributed by atoms with E-state index in [1.165, 1.54) is 11.5 Å². The van der Waals surface area contributed by atoms with Gasteiger partial charge in [0.15, 0.2) is 0 Å². The maximum Gasteiger partial charge on any atom is 0.239 e. The Hall–Kier alpha value is -1.41. The first-order valence-corrected chi connectivity index (χ1v) is 9.10. The molecule has 2 N–H and O–H groups in total. The Labute approximate surface area is 170 Å². The molecule has 1 aliphatic heterocycles. The number of aromatic nitrogens is 2. The number of rotatable bonds is 5. The van der Waals surface area contributed by atoms with Gasteiger partial charge in [-0.3, -0.25) is 4.79 Å². The van der Waals surface area contributed by atoms with Gasteiger partial charge in [0.05, 0.1) is 6.04 Å². The summed E-state index contributed by atoms with van der Waals surface area (Å²) in [6, 6.07) is 9.44. The average Bonchev–Trinajstić information content (AvgIpc) is 3.11. The number of halogens is 2. The third-order valence-electron chi connectivity index (χ3n) is 4.25. The second-order valence-corrected chi connectivity index (χ2v) is 6.69. The summed E-state index contributed by atoms with van der Waals surface area (Å²) in [6.07, 6.45) is 1.43. The summed E-state index contributed by atoms with van der Waals surface area (Å²) >= 11 is 1.44. The maximum absolute atomic E-state index is 12.6. The van der Waals surface area contributed by atoms with Crippen LogP contribution in [0.3, 0.4) is 0 Å². The van der Waals surface area contributed by atoms with E-state index >= 15 is 0 Å². The van der Waals surface area contributed by atoms with E-state index in [-0.39, 0.29) is 30.7 Å². The second kappa shape index (κ2) is 10.7. The van der Waals surface area contributed by atoms with Crippen molar-refractivity contribution in [1.29, 1.82) is 0 Å². The van der Waals surface area contributed by atoms with E-state index in [1.54, 1.807) is 0 Å². The molecule has 1 fully saturated rings. The minimum Gasteiger partial charge on any atom is -0.343 e. The first-order valence-electron chi connectivity index (χ1n) is 8.33. The standard InChI is InChI=1S/C17H23N5OS.2ClH/c1-2-15-19-17(24-20-15)22-10-8-21(9-11-22)16(23)14(18)12-13-6-4-3-5-7-13;;/h3-7,14H,2,8-12,18H2,1H3;2*1H. The van der Waals surface area contributed by atoms with E-state index in [2.05, 4.69) is 21.2 Å². The van der Waals surface area contributed by atoms with Gasteiger partial charge in [-0.25, -0.2) is 4.98 Å². The summed E-state index contributed by atoms with van der Waals surface area (Å²) in [4.78, 5) is 21.1. The van der Waals surface area contributed by atoms with E-state index in [0.29, 0.717) is 19.5 Å². The highest BCUT2D eigenvalue weighted by atomic mass is 35.5. The first kappa shape index (κ1) is 22.6. The SMILES string of the molecule is CCc1nsc(N2CCN(C(=O)C(N)Cc3ccccc3)CC2)n1.Cl.Cl. The van der Waals surface area contributed by atoms with Crippen molar-refractivity contribution in [3.05, 3.63) is 41.7 Å². The Kier molecular flexibility index (Phi) is 9.29. The highest BCUT2D eigenvalue weighted by Crippen LogP contribution is 2.19. The number of anilines is 1. The molecule has 1 saturated heterocycles. The molecule has 0 aliphatic carbocycles. The van der Waals surface area contributed by atoms with E-state index in [4.69, 9.17) is 5.73 Å². The highest BCUT2D eigenvalue weighted by Gasteiger charge is 2.26. The summed E-state index contributed by atoms with van der Waals surface area (Å²) in [7, 11) is 0. The molecule has 1 aliphatic rings. The quantitative estimate of drug-likeness (QED) is 0.806. The lowest BCUT2D eigenvalue weighted by Crippen LogP contribution is -2.53. The van der Waals surface area contributed by atoms with E-state index in [1.807, 2.05) is 35.2 Å². The Morgan fingerprint density at radius 3 is 2.42 bits per heavy atom. The van der Waals surface area contributed by atoms with Crippen LogP contribution in [0.2, 0.25) is 0 Å². The lowest BCUT2D eigenvalue weighted by atomic mass is 10.1. The zero-order valence-corrected chi connectivity index (χ0v) is 17.2. The first-order chi connectivity index (χ1) is 11.7. The van der Waals surface area contributed by atoms with Crippen LogP contribution in [0.5, 0.6) is 0 Å². The van der Waals surface area contributed by atoms with Crippen molar-refractivity contribution in [2.75, 3.05) is 31.1 Å². The van der Waals surface area contributed by atoms with Crippen LogP contribution in [0.4, 0.5) is 5.13 Å². The Morgan fingerprint density at radius 1 is 1.19 bits per heavy atom. The fourth-order valence-electron chi connectivity index (χ4n) is 2.82. The fraction of sp³-hybridized carbons (Fsp3) is 0.471. The number of benzene rings is 1. The molecule has 1 atom stereocenters. The van der Waals surface area contributed by atoms with Crippen molar-refractivity contribution in [3.8, 4) is 0 Å². The van der Waals surface area contributed by atoms with E-state index in [0.717, 1.165) is 36.0 Å². The normalized spacial score (nSPS) is 15.0. The summed E-state index contributed by atoms with van der Waals surface area (Å²) in [5.41, 5.74) is 7.22. The van der Waals surface area contributed by atoms with Gasteiger partial charge in [-0.2, -0.15) is 4.37 Å². The molecule has 1 aromatic heterocycles. The molecule has 0 radical (unpaired) electrons. The molecule has 1 unspecified atom stereocenters. The number of amides is 1. The molecular formula is C17H25Cl2N5OS. The van der Waals surface area contributed by atoms with E-state index < -0.39 is 6.04 Å². The number of carbonyl (C=O) groups excluding carboxylic acids is 1.